The van der Waals surface area contributed by atoms with Crippen molar-refractivity contribution in [2.75, 3.05) is 4.90 Å². The van der Waals surface area contributed by atoms with E-state index >= 15 is 0 Å². The Labute approximate surface area is 159 Å². The standard InChI is InChI=1S/C24H33NO/c1-9-16(2)25-19-12-10-17(23(3,4)5)14-21(19)26-22-15-18(24(6,7)8)11-13-20(22)25/h10-16H,9H2,1-8H3. The van der Waals surface area contributed by atoms with Crippen LogP contribution in [-0.4, -0.2) is 6.04 Å². The van der Waals surface area contributed by atoms with Crippen molar-refractivity contribution in [2.45, 2.75) is 78.7 Å². The summed E-state index contributed by atoms with van der Waals surface area (Å²) >= 11 is 0. The Balaban J connectivity index is 2.16. The van der Waals surface area contributed by atoms with Crippen molar-refractivity contribution in [1.29, 1.82) is 0 Å². The molecule has 1 heterocycles. The van der Waals surface area contributed by atoms with E-state index in [4.69, 9.17) is 4.74 Å². The second-order valence-electron chi connectivity index (χ2n) is 9.59. The molecule has 1 aliphatic rings. The predicted octanol–water partition coefficient (Wildman–Crippen LogP) is 7.32. The van der Waals surface area contributed by atoms with E-state index in [0.717, 1.165) is 17.9 Å². The van der Waals surface area contributed by atoms with Crippen LogP contribution in [0, 0.1) is 0 Å². The highest BCUT2D eigenvalue weighted by Crippen LogP contribution is 2.50. The van der Waals surface area contributed by atoms with Crippen LogP contribution in [0.5, 0.6) is 11.5 Å². The Morgan fingerprint density at radius 2 is 1.23 bits per heavy atom. The van der Waals surface area contributed by atoms with Crippen LogP contribution in [0.2, 0.25) is 0 Å². The Bertz CT molecular complexity index is 744. The smallest absolute Gasteiger partial charge is 0.151 e. The molecule has 2 heteroatoms. The number of nitrogens with zero attached hydrogens (tertiary/aromatic N) is 1. The first kappa shape index (κ1) is 18.8. The molecule has 0 aliphatic carbocycles. The quantitative estimate of drug-likeness (QED) is 0.562. The van der Waals surface area contributed by atoms with E-state index in [2.05, 4.69) is 96.7 Å². The van der Waals surface area contributed by atoms with E-state index in [1.807, 2.05) is 0 Å². The third-order valence-corrected chi connectivity index (χ3v) is 5.42. The molecule has 1 aliphatic heterocycles. The van der Waals surface area contributed by atoms with Crippen molar-refractivity contribution >= 4 is 11.4 Å². The molecular weight excluding hydrogens is 318 g/mol. The van der Waals surface area contributed by atoms with Crippen molar-refractivity contribution in [3.05, 3.63) is 47.5 Å². The summed E-state index contributed by atoms with van der Waals surface area (Å²) in [6, 6.07) is 13.8. The molecule has 0 radical (unpaired) electrons. The maximum Gasteiger partial charge on any atom is 0.151 e. The van der Waals surface area contributed by atoms with Crippen molar-refractivity contribution in [3.8, 4) is 11.5 Å². The van der Waals surface area contributed by atoms with Crippen LogP contribution in [0.4, 0.5) is 11.4 Å². The van der Waals surface area contributed by atoms with Gasteiger partial charge in [0.05, 0.1) is 11.4 Å². The molecular formula is C24H33NO. The van der Waals surface area contributed by atoms with Gasteiger partial charge >= 0.3 is 0 Å². The fourth-order valence-corrected chi connectivity index (χ4v) is 3.43. The van der Waals surface area contributed by atoms with Crippen LogP contribution in [0.3, 0.4) is 0 Å². The molecule has 26 heavy (non-hydrogen) atoms. The Kier molecular flexibility index (Phi) is 4.58. The van der Waals surface area contributed by atoms with Gasteiger partial charge in [-0.15, -0.1) is 0 Å². The number of anilines is 2. The van der Waals surface area contributed by atoms with Crippen LogP contribution in [0.15, 0.2) is 36.4 Å². The molecule has 0 spiro atoms. The van der Waals surface area contributed by atoms with Crippen molar-refractivity contribution in [2.24, 2.45) is 0 Å². The largest absolute Gasteiger partial charge is 0.453 e. The number of benzene rings is 2. The van der Waals surface area contributed by atoms with Gasteiger partial charge in [-0.2, -0.15) is 0 Å². The van der Waals surface area contributed by atoms with E-state index in [9.17, 15) is 0 Å². The van der Waals surface area contributed by atoms with Gasteiger partial charge < -0.3 is 9.64 Å². The predicted molar refractivity (Wildman–Crippen MR) is 112 cm³/mol. The lowest BCUT2D eigenvalue weighted by molar-refractivity contribution is 0.460. The lowest BCUT2D eigenvalue weighted by Crippen LogP contribution is -2.30. The molecule has 1 atom stereocenters. The summed E-state index contributed by atoms with van der Waals surface area (Å²) in [7, 11) is 0. The van der Waals surface area contributed by atoms with Crippen molar-refractivity contribution in [1.82, 2.24) is 0 Å². The number of ether oxygens (including phenoxy) is 1. The Hall–Kier alpha value is -1.96. The molecule has 0 bridgehead atoms. The van der Waals surface area contributed by atoms with E-state index in [-0.39, 0.29) is 10.8 Å². The summed E-state index contributed by atoms with van der Waals surface area (Å²) in [6.07, 6.45) is 1.08. The van der Waals surface area contributed by atoms with Crippen LogP contribution in [0.1, 0.15) is 72.9 Å². The first-order valence-corrected chi connectivity index (χ1v) is 9.78. The normalized spacial score (nSPS) is 15.2. The molecule has 2 aromatic carbocycles. The topological polar surface area (TPSA) is 12.5 Å². The monoisotopic (exact) mass is 351 g/mol. The van der Waals surface area contributed by atoms with Crippen molar-refractivity contribution in [3.63, 3.8) is 0 Å². The third-order valence-electron chi connectivity index (χ3n) is 5.42. The van der Waals surface area contributed by atoms with Gasteiger partial charge in [0, 0.05) is 6.04 Å². The van der Waals surface area contributed by atoms with Gasteiger partial charge in [0.1, 0.15) is 0 Å². The summed E-state index contributed by atoms with van der Waals surface area (Å²) in [5.74, 6) is 1.94. The van der Waals surface area contributed by atoms with Crippen LogP contribution >= 0.6 is 0 Å². The molecule has 3 rings (SSSR count). The second-order valence-corrected chi connectivity index (χ2v) is 9.59. The third kappa shape index (κ3) is 3.34. The van der Waals surface area contributed by atoms with Gasteiger partial charge in [-0.3, -0.25) is 0 Å². The van der Waals surface area contributed by atoms with Gasteiger partial charge in [0.25, 0.3) is 0 Å². The molecule has 0 fully saturated rings. The van der Waals surface area contributed by atoms with Gasteiger partial charge in [-0.05, 0) is 59.6 Å². The van der Waals surface area contributed by atoms with Gasteiger partial charge in [0.2, 0.25) is 0 Å². The molecule has 0 N–H and O–H groups in total. The highest BCUT2D eigenvalue weighted by molar-refractivity contribution is 5.79. The molecule has 0 saturated heterocycles. The molecule has 0 amide bonds. The maximum absolute atomic E-state index is 6.43. The van der Waals surface area contributed by atoms with Crippen LogP contribution in [0.25, 0.3) is 0 Å². The minimum atomic E-state index is 0.104. The number of rotatable bonds is 2. The minimum absolute atomic E-state index is 0.104. The fourth-order valence-electron chi connectivity index (χ4n) is 3.43. The van der Waals surface area contributed by atoms with Gasteiger partial charge in [-0.25, -0.2) is 0 Å². The van der Waals surface area contributed by atoms with Gasteiger partial charge in [0.15, 0.2) is 11.5 Å². The van der Waals surface area contributed by atoms with E-state index in [1.54, 1.807) is 0 Å². The van der Waals surface area contributed by atoms with E-state index < -0.39 is 0 Å². The lowest BCUT2D eigenvalue weighted by Gasteiger charge is -2.38. The first-order chi connectivity index (χ1) is 12.0. The molecule has 0 aromatic heterocycles. The highest BCUT2D eigenvalue weighted by Gasteiger charge is 2.30. The SMILES string of the molecule is CCC(C)N1c2ccc(C(C)(C)C)cc2Oc2cc(C(C)(C)C)ccc21. The van der Waals surface area contributed by atoms with Crippen LogP contribution in [-0.2, 0) is 10.8 Å². The molecule has 140 valence electrons. The molecule has 2 aromatic rings. The maximum atomic E-state index is 6.43. The number of hydrogen-bond donors (Lipinski definition) is 0. The second kappa shape index (κ2) is 6.33. The molecule has 1 unspecified atom stereocenters. The lowest BCUT2D eigenvalue weighted by atomic mass is 9.85. The van der Waals surface area contributed by atoms with E-state index in [0.29, 0.717) is 6.04 Å². The molecule has 0 saturated carbocycles. The van der Waals surface area contributed by atoms with Crippen molar-refractivity contribution < 1.29 is 4.74 Å². The minimum Gasteiger partial charge on any atom is -0.453 e. The average molecular weight is 352 g/mol. The zero-order valence-electron chi connectivity index (χ0n) is 17.6. The summed E-state index contributed by atoms with van der Waals surface area (Å²) in [5, 5.41) is 0. The summed E-state index contributed by atoms with van der Waals surface area (Å²) in [4.78, 5) is 2.44. The summed E-state index contributed by atoms with van der Waals surface area (Å²) in [5.41, 5.74) is 5.15. The zero-order valence-corrected chi connectivity index (χ0v) is 17.6. The van der Waals surface area contributed by atoms with Crippen LogP contribution < -0.4 is 9.64 Å². The summed E-state index contributed by atoms with van der Waals surface area (Å²) < 4.78 is 6.43. The first-order valence-electron chi connectivity index (χ1n) is 9.78. The fraction of sp³-hybridized carbons (Fsp3) is 0.500. The number of fused-ring (bicyclic) bond motifs is 2. The Morgan fingerprint density at radius 1 is 0.808 bits per heavy atom. The average Bonchev–Trinajstić information content (AvgIpc) is 2.56. The zero-order chi connectivity index (χ0) is 19.3. The van der Waals surface area contributed by atoms with E-state index in [1.165, 1.54) is 22.5 Å². The molecule has 2 nitrogen and oxygen atoms in total. The van der Waals surface area contributed by atoms with Gasteiger partial charge in [-0.1, -0.05) is 60.6 Å². The highest BCUT2D eigenvalue weighted by atomic mass is 16.5. The summed E-state index contributed by atoms with van der Waals surface area (Å²) in [6.45, 7) is 18.0. The Morgan fingerprint density at radius 3 is 1.58 bits per heavy atom. The number of hydrogen-bond acceptors (Lipinski definition) is 2.